The Morgan fingerprint density at radius 3 is 2.76 bits per heavy atom. The molecule has 21 heavy (non-hydrogen) atoms. The molecule has 0 bridgehead atoms. The number of nitrogens with one attached hydrogen (secondary N) is 1. The predicted molar refractivity (Wildman–Crippen MR) is 77.9 cm³/mol. The maximum absolute atomic E-state index is 12.0. The number of benzene rings is 1. The van der Waals surface area contributed by atoms with Gasteiger partial charge in [-0.25, -0.2) is 9.78 Å². The zero-order chi connectivity index (χ0) is 15.4. The van der Waals surface area contributed by atoms with E-state index in [2.05, 4.69) is 10.3 Å². The Morgan fingerprint density at radius 1 is 1.38 bits per heavy atom. The van der Waals surface area contributed by atoms with Gasteiger partial charge in [0.1, 0.15) is 17.0 Å². The molecule has 1 heterocycles. The van der Waals surface area contributed by atoms with Crippen molar-refractivity contribution in [2.75, 3.05) is 11.9 Å². The number of amides is 1. The average molecular weight is 307 g/mol. The quantitative estimate of drug-likeness (QED) is 0.659. The van der Waals surface area contributed by atoms with Crippen molar-refractivity contribution in [1.29, 1.82) is 0 Å². The van der Waals surface area contributed by atoms with Crippen LogP contribution in [-0.2, 0) is 6.42 Å². The molecular weight excluding hydrogens is 294 g/mol. The van der Waals surface area contributed by atoms with E-state index in [9.17, 15) is 14.7 Å². The van der Waals surface area contributed by atoms with Gasteiger partial charge in [-0.15, -0.1) is 11.3 Å². The molecule has 1 amide bonds. The van der Waals surface area contributed by atoms with E-state index >= 15 is 0 Å². The second-order valence-corrected chi connectivity index (χ2v) is 5.10. The number of carboxylic acid groups (broad SMARTS) is 1. The molecule has 8 heteroatoms. The molecule has 2 rings (SSSR count). The topological polar surface area (TPSA) is 126 Å². The van der Waals surface area contributed by atoms with Gasteiger partial charge >= 0.3 is 5.97 Å². The summed E-state index contributed by atoms with van der Waals surface area (Å²) in [5, 5.41) is 23.3. The first-order chi connectivity index (χ1) is 10.0. The van der Waals surface area contributed by atoms with E-state index < -0.39 is 17.6 Å². The number of hydrogen-bond donors (Lipinski definition) is 4. The van der Waals surface area contributed by atoms with Gasteiger partial charge in [0.15, 0.2) is 0 Å². The van der Waals surface area contributed by atoms with E-state index in [1.807, 2.05) is 0 Å². The van der Waals surface area contributed by atoms with Crippen molar-refractivity contribution in [3.05, 3.63) is 39.8 Å². The molecule has 0 saturated heterocycles. The number of rotatable bonds is 5. The fourth-order valence-corrected chi connectivity index (χ4v) is 2.43. The van der Waals surface area contributed by atoms with E-state index in [0.29, 0.717) is 13.0 Å². The summed E-state index contributed by atoms with van der Waals surface area (Å²) < 4.78 is 0. The number of nitrogens with zero attached hydrogens (tertiary/aromatic N) is 1. The molecule has 7 nitrogen and oxygen atoms in total. The molecule has 0 atom stereocenters. The monoisotopic (exact) mass is 307 g/mol. The minimum Gasteiger partial charge on any atom is -0.507 e. The van der Waals surface area contributed by atoms with Crippen LogP contribution in [0.25, 0.3) is 0 Å². The number of thiazole rings is 1. The molecule has 1 aromatic heterocycles. The van der Waals surface area contributed by atoms with Crippen molar-refractivity contribution in [1.82, 2.24) is 4.98 Å². The summed E-state index contributed by atoms with van der Waals surface area (Å²) in [6.45, 7) is 0.457. The Morgan fingerprint density at radius 2 is 2.14 bits per heavy atom. The number of carbonyl (C=O) groups excluding carboxylic acids is 1. The van der Waals surface area contributed by atoms with Gasteiger partial charge in [0, 0.05) is 23.6 Å². The summed E-state index contributed by atoms with van der Waals surface area (Å²) in [4.78, 5) is 26.9. The van der Waals surface area contributed by atoms with Gasteiger partial charge in [-0.05, 0) is 18.7 Å². The second kappa shape index (κ2) is 6.33. The molecule has 0 aliphatic rings. The van der Waals surface area contributed by atoms with Crippen molar-refractivity contribution < 1.29 is 19.8 Å². The predicted octanol–water partition coefficient (Wildman–Crippen LogP) is 1.30. The molecule has 1 aromatic carbocycles. The maximum Gasteiger partial charge on any atom is 0.339 e. The normalized spacial score (nSPS) is 10.3. The van der Waals surface area contributed by atoms with E-state index in [0.717, 1.165) is 5.01 Å². The van der Waals surface area contributed by atoms with Crippen molar-refractivity contribution >= 4 is 28.9 Å². The number of carbonyl (C=O) groups is 2. The lowest BCUT2D eigenvalue weighted by atomic mass is 10.2. The van der Waals surface area contributed by atoms with Gasteiger partial charge in [0.25, 0.3) is 5.91 Å². The summed E-state index contributed by atoms with van der Waals surface area (Å²) in [5.74, 6) is -2.09. The molecule has 0 fully saturated rings. The van der Waals surface area contributed by atoms with Crippen molar-refractivity contribution in [3.8, 4) is 5.75 Å². The first-order valence-electron chi connectivity index (χ1n) is 6.03. The summed E-state index contributed by atoms with van der Waals surface area (Å²) in [5.41, 5.74) is 5.73. The molecule has 0 aliphatic carbocycles. The fourth-order valence-electron chi connectivity index (χ4n) is 1.64. The van der Waals surface area contributed by atoms with Gasteiger partial charge in [0.05, 0.1) is 5.01 Å². The van der Waals surface area contributed by atoms with E-state index in [-0.39, 0.29) is 16.9 Å². The summed E-state index contributed by atoms with van der Waals surface area (Å²) >= 11 is 1.34. The number of nitrogens with two attached hydrogens (primary N) is 1. The van der Waals surface area contributed by atoms with Crippen molar-refractivity contribution in [2.45, 2.75) is 6.42 Å². The van der Waals surface area contributed by atoms with Gasteiger partial charge in [-0.2, -0.15) is 0 Å². The Bertz CT molecular complexity index is 684. The number of anilines is 1. The van der Waals surface area contributed by atoms with Crippen LogP contribution in [-0.4, -0.2) is 33.6 Å². The first-order valence-corrected chi connectivity index (χ1v) is 6.91. The third-order valence-corrected chi connectivity index (χ3v) is 3.54. The lowest BCUT2D eigenvalue weighted by Gasteiger charge is -2.05. The number of aromatic nitrogens is 1. The molecule has 0 aliphatic heterocycles. The van der Waals surface area contributed by atoms with E-state index in [1.165, 1.54) is 29.5 Å². The highest BCUT2D eigenvalue weighted by atomic mass is 32.1. The number of phenols is 1. The van der Waals surface area contributed by atoms with Gasteiger partial charge in [-0.1, -0.05) is 0 Å². The Labute approximate surface area is 124 Å². The molecule has 2 aromatic rings. The number of carboxylic acids is 1. The average Bonchev–Trinajstić information content (AvgIpc) is 2.87. The molecular formula is C13H13N3O4S. The zero-order valence-corrected chi connectivity index (χ0v) is 11.7. The number of aromatic carboxylic acids is 1. The highest BCUT2D eigenvalue weighted by Crippen LogP contribution is 2.22. The Hall–Kier alpha value is -2.45. The molecule has 110 valence electrons. The van der Waals surface area contributed by atoms with Gasteiger partial charge in [-0.3, -0.25) is 4.79 Å². The number of aromatic hydroxyl groups is 1. The summed E-state index contributed by atoms with van der Waals surface area (Å²) in [6, 6.07) is 3.79. The van der Waals surface area contributed by atoms with Crippen LogP contribution in [0.4, 0.5) is 5.69 Å². The van der Waals surface area contributed by atoms with Crippen LogP contribution < -0.4 is 11.1 Å². The fraction of sp³-hybridized carbons (Fsp3) is 0.154. The first kappa shape index (κ1) is 14.9. The van der Waals surface area contributed by atoms with Crippen LogP contribution in [0.15, 0.2) is 23.6 Å². The molecule has 5 N–H and O–H groups in total. The van der Waals surface area contributed by atoms with E-state index in [1.54, 1.807) is 5.38 Å². The van der Waals surface area contributed by atoms with Crippen LogP contribution in [0.1, 0.15) is 25.9 Å². The molecule has 0 saturated carbocycles. The SMILES string of the molecule is NCCc1nc(C(=O)Nc2ccc(C(=O)O)c(O)c2)cs1. The van der Waals surface area contributed by atoms with Gasteiger partial charge < -0.3 is 21.3 Å². The highest BCUT2D eigenvalue weighted by Gasteiger charge is 2.13. The molecule has 0 radical (unpaired) electrons. The maximum atomic E-state index is 12.0. The zero-order valence-electron chi connectivity index (χ0n) is 10.9. The van der Waals surface area contributed by atoms with Crippen LogP contribution in [0, 0.1) is 0 Å². The largest absolute Gasteiger partial charge is 0.507 e. The van der Waals surface area contributed by atoms with Crippen molar-refractivity contribution in [3.63, 3.8) is 0 Å². The smallest absolute Gasteiger partial charge is 0.339 e. The van der Waals surface area contributed by atoms with E-state index in [4.69, 9.17) is 10.8 Å². The standard InChI is InChI=1S/C13H13N3O4S/c14-4-3-11-16-9(6-21-11)12(18)15-7-1-2-8(13(19)20)10(17)5-7/h1-2,5-6,17H,3-4,14H2,(H,15,18)(H,19,20). The lowest BCUT2D eigenvalue weighted by Crippen LogP contribution is -2.13. The van der Waals surface area contributed by atoms with Crippen LogP contribution >= 0.6 is 11.3 Å². The van der Waals surface area contributed by atoms with Crippen LogP contribution in [0.5, 0.6) is 5.75 Å². The minimum atomic E-state index is -1.24. The summed E-state index contributed by atoms with van der Waals surface area (Å²) in [7, 11) is 0. The third kappa shape index (κ3) is 3.56. The van der Waals surface area contributed by atoms with Gasteiger partial charge in [0.2, 0.25) is 0 Å². The minimum absolute atomic E-state index is 0.230. The highest BCUT2D eigenvalue weighted by molar-refractivity contribution is 7.09. The van der Waals surface area contributed by atoms with Crippen LogP contribution in [0.3, 0.4) is 0 Å². The lowest BCUT2D eigenvalue weighted by molar-refractivity contribution is 0.0693. The second-order valence-electron chi connectivity index (χ2n) is 4.16. The van der Waals surface area contributed by atoms with Crippen molar-refractivity contribution in [2.24, 2.45) is 5.73 Å². The Kier molecular flexibility index (Phi) is 4.51. The number of hydrogen-bond acceptors (Lipinski definition) is 6. The molecule has 0 spiro atoms. The molecule has 0 unspecified atom stereocenters. The Balaban J connectivity index is 2.11. The third-order valence-electron chi connectivity index (χ3n) is 2.63. The van der Waals surface area contributed by atoms with Crippen LogP contribution in [0.2, 0.25) is 0 Å². The summed E-state index contributed by atoms with van der Waals surface area (Å²) in [6.07, 6.45) is 0.603.